The summed E-state index contributed by atoms with van der Waals surface area (Å²) in [6.45, 7) is 1.03. The molecule has 0 aliphatic rings. The van der Waals surface area contributed by atoms with Crippen LogP contribution >= 0.6 is 0 Å². The van der Waals surface area contributed by atoms with Gasteiger partial charge in [0.25, 0.3) is 5.91 Å². The molecule has 1 unspecified atom stereocenters. The van der Waals surface area contributed by atoms with Crippen molar-refractivity contribution in [3.63, 3.8) is 0 Å². The first-order chi connectivity index (χ1) is 10.4. The van der Waals surface area contributed by atoms with Crippen molar-refractivity contribution in [1.29, 1.82) is 0 Å². The van der Waals surface area contributed by atoms with Crippen molar-refractivity contribution < 1.29 is 24.3 Å². The van der Waals surface area contributed by atoms with Gasteiger partial charge in [0.1, 0.15) is 18.1 Å². The number of benzene rings is 1. The molecule has 4 N–H and O–H groups in total. The Hall–Kier alpha value is -2.90. The lowest BCUT2D eigenvalue weighted by atomic mass is 10.2. The summed E-state index contributed by atoms with van der Waals surface area (Å²) in [5, 5.41) is 16.2. The highest BCUT2D eigenvalue weighted by Gasteiger charge is 2.15. The minimum absolute atomic E-state index is 0.0319. The van der Waals surface area contributed by atoms with E-state index in [0.29, 0.717) is 11.8 Å². The van der Waals surface area contributed by atoms with Crippen molar-refractivity contribution in [2.45, 2.75) is 13.0 Å². The largest absolute Gasteiger partial charge is 0.508 e. The van der Waals surface area contributed by atoms with Crippen LogP contribution in [0.1, 0.15) is 17.3 Å². The predicted molar refractivity (Wildman–Crippen MR) is 77.1 cm³/mol. The number of amides is 3. The minimum atomic E-state index is -0.821. The summed E-state index contributed by atoms with van der Waals surface area (Å²) in [5.74, 6) is -1.48. The topological polar surface area (TPSA) is 125 Å². The van der Waals surface area contributed by atoms with E-state index >= 15 is 0 Å². The third kappa shape index (κ3) is 5.61. The molecule has 0 saturated carbocycles. The SMILES string of the molecule is CC(NC(=O)CNC(=O)c1ccc(O)cc1)C(=O)NCC=O. The Kier molecular flexibility index (Phi) is 6.55. The van der Waals surface area contributed by atoms with Crippen molar-refractivity contribution in [3.05, 3.63) is 29.8 Å². The number of carbonyl (C=O) groups is 4. The van der Waals surface area contributed by atoms with E-state index in [1.807, 2.05) is 0 Å². The Balaban J connectivity index is 2.39. The summed E-state index contributed by atoms with van der Waals surface area (Å²) >= 11 is 0. The van der Waals surface area contributed by atoms with Crippen LogP contribution in [0.15, 0.2) is 24.3 Å². The van der Waals surface area contributed by atoms with Crippen molar-refractivity contribution in [2.24, 2.45) is 0 Å². The van der Waals surface area contributed by atoms with Crippen LogP contribution in [0.4, 0.5) is 0 Å². The Labute approximate surface area is 126 Å². The summed E-state index contributed by atoms with van der Waals surface area (Å²) < 4.78 is 0. The predicted octanol–water partition coefficient (Wildman–Crippen LogP) is -1.06. The number of nitrogens with one attached hydrogen (secondary N) is 3. The van der Waals surface area contributed by atoms with Gasteiger partial charge in [-0.2, -0.15) is 0 Å². The van der Waals surface area contributed by atoms with Crippen molar-refractivity contribution >= 4 is 24.0 Å². The van der Waals surface area contributed by atoms with Crippen LogP contribution in [0.2, 0.25) is 0 Å². The van der Waals surface area contributed by atoms with Crippen LogP contribution in [0, 0.1) is 0 Å². The summed E-state index contributed by atoms with van der Waals surface area (Å²) in [4.78, 5) is 44.9. The highest BCUT2D eigenvalue weighted by Crippen LogP contribution is 2.09. The molecule has 0 saturated heterocycles. The zero-order valence-corrected chi connectivity index (χ0v) is 12.0. The smallest absolute Gasteiger partial charge is 0.251 e. The summed E-state index contributed by atoms with van der Waals surface area (Å²) in [7, 11) is 0. The van der Waals surface area contributed by atoms with Crippen LogP contribution in [0.25, 0.3) is 0 Å². The van der Waals surface area contributed by atoms with Gasteiger partial charge in [0, 0.05) is 5.56 Å². The van der Waals surface area contributed by atoms with E-state index in [2.05, 4.69) is 16.0 Å². The molecule has 0 fully saturated rings. The van der Waals surface area contributed by atoms with Gasteiger partial charge in [0.15, 0.2) is 0 Å². The Bertz CT molecular complexity index is 556. The van der Waals surface area contributed by atoms with Gasteiger partial charge in [-0.1, -0.05) is 0 Å². The van der Waals surface area contributed by atoms with Gasteiger partial charge in [-0.05, 0) is 31.2 Å². The molecule has 0 aliphatic carbocycles. The molecule has 0 radical (unpaired) electrons. The molecule has 3 amide bonds. The van der Waals surface area contributed by atoms with Gasteiger partial charge in [0.2, 0.25) is 11.8 Å². The van der Waals surface area contributed by atoms with Gasteiger partial charge < -0.3 is 25.9 Å². The molecule has 1 aromatic rings. The van der Waals surface area contributed by atoms with Crippen LogP contribution in [-0.2, 0) is 14.4 Å². The fourth-order valence-corrected chi connectivity index (χ4v) is 1.53. The first-order valence-corrected chi connectivity index (χ1v) is 6.52. The van der Waals surface area contributed by atoms with Gasteiger partial charge >= 0.3 is 0 Å². The fraction of sp³-hybridized carbons (Fsp3) is 0.286. The van der Waals surface area contributed by atoms with E-state index in [0.717, 1.165) is 0 Å². The average Bonchev–Trinajstić information content (AvgIpc) is 2.50. The van der Waals surface area contributed by atoms with Gasteiger partial charge in [-0.25, -0.2) is 0 Å². The molecule has 8 heteroatoms. The Morgan fingerprint density at radius 2 is 1.82 bits per heavy atom. The molecule has 0 aromatic heterocycles. The molecule has 8 nitrogen and oxygen atoms in total. The van der Waals surface area contributed by atoms with Crippen molar-refractivity contribution in [1.82, 2.24) is 16.0 Å². The number of hydrogen-bond donors (Lipinski definition) is 4. The van der Waals surface area contributed by atoms with E-state index in [-0.39, 0.29) is 18.8 Å². The van der Waals surface area contributed by atoms with Gasteiger partial charge in [0.05, 0.1) is 13.1 Å². The molecular weight excluding hydrogens is 290 g/mol. The number of phenolic OH excluding ortho intramolecular Hbond substituents is 1. The van der Waals surface area contributed by atoms with E-state index in [1.165, 1.54) is 31.2 Å². The average molecular weight is 307 g/mol. The lowest BCUT2D eigenvalue weighted by Gasteiger charge is -2.13. The Morgan fingerprint density at radius 1 is 1.18 bits per heavy atom. The summed E-state index contributed by atoms with van der Waals surface area (Å²) in [6.07, 6.45) is 0.532. The van der Waals surface area contributed by atoms with Crippen LogP contribution < -0.4 is 16.0 Å². The van der Waals surface area contributed by atoms with Crippen LogP contribution in [0.5, 0.6) is 5.75 Å². The monoisotopic (exact) mass is 307 g/mol. The second-order valence-corrected chi connectivity index (χ2v) is 4.43. The Morgan fingerprint density at radius 3 is 2.41 bits per heavy atom. The number of rotatable bonds is 7. The van der Waals surface area contributed by atoms with Crippen LogP contribution in [0.3, 0.4) is 0 Å². The summed E-state index contributed by atoms with van der Waals surface area (Å²) in [6, 6.07) is 4.72. The minimum Gasteiger partial charge on any atom is -0.508 e. The van der Waals surface area contributed by atoms with Gasteiger partial charge in [-0.3, -0.25) is 14.4 Å². The highest BCUT2D eigenvalue weighted by atomic mass is 16.3. The van der Waals surface area contributed by atoms with E-state index in [9.17, 15) is 19.2 Å². The molecule has 22 heavy (non-hydrogen) atoms. The third-order valence-electron chi connectivity index (χ3n) is 2.67. The number of phenols is 1. The maximum atomic E-state index is 11.7. The quantitative estimate of drug-likeness (QED) is 0.478. The molecule has 0 spiro atoms. The highest BCUT2D eigenvalue weighted by molar-refractivity contribution is 5.97. The lowest BCUT2D eigenvalue weighted by molar-refractivity contribution is -0.128. The number of carbonyl (C=O) groups excluding carboxylic acids is 4. The molecule has 0 bridgehead atoms. The molecule has 1 aromatic carbocycles. The third-order valence-corrected chi connectivity index (χ3v) is 2.67. The molecule has 1 atom stereocenters. The molecule has 1 rings (SSSR count). The second kappa shape index (κ2) is 8.40. The number of hydrogen-bond acceptors (Lipinski definition) is 5. The van der Waals surface area contributed by atoms with E-state index in [1.54, 1.807) is 0 Å². The zero-order chi connectivity index (χ0) is 16.5. The van der Waals surface area contributed by atoms with Gasteiger partial charge in [-0.15, -0.1) is 0 Å². The standard InChI is InChI=1S/C14H17N3O5/c1-9(13(21)15-6-7-18)17-12(20)8-16-14(22)10-2-4-11(19)5-3-10/h2-5,7,9,19H,6,8H2,1H3,(H,15,21)(H,16,22)(H,17,20). The van der Waals surface area contributed by atoms with Crippen molar-refractivity contribution in [3.8, 4) is 5.75 Å². The number of aromatic hydroxyl groups is 1. The first kappa shape index (κ1) is 17.2. The fourth-order valence-electron chi connectivity index (χ4n) is 1.53. The molecule has 0 aliphatic heterocycles. The maximum absolute atomic E-state index is 11.7. The van der Waals surface area contributed by atoms with E-state index < -0.39 is 23.8 Å². The lowest BCUT2D eigenvalue weighted by Crippen LogP contribution is -2.48. The maximum Gasteiger partial charge on any atom is 0.251 e. The zero-order valence-electron chi connectivity index (χ0n) is 12.0. The summed E-state index contributed by atoms with van der Waals surface area (Å²) in [5.41, 5.74) is 0.294. The number of aldehydes is 1. The molecule has 118 valence electrons. The molecular formula is C14H17N3O5. The van der Waals surface area contributed by atoms with Crippen molar-refractivity contribution in [2.75, 3.05) is 13.1 Å². The van der Waals surface area contributed by atoms with E-state index in [4.69, 9.17) is 5.11 Å². The normalized spacial score (nSPS) is 11.1. The van der Waals surface area contributed by atoms with Crippen LogP contribution in [-0.4, -0.2) is 48.2 Å². The first-order valence-electron chi connectivity index (χ1n) is 6.52. The molecule has 0 heterocycles. The second-order valence-electron chi connectivity index (χ2n) is 4.43.